The molecule has 0 aliphatic carbocycles. The largest absolute Gasteiger partial charge is 0.378 e. The number of nitrogens with one attached hydrogen (secondary N) is 1. The fourth-order valence-electron chi connectivity index (χ4n) is 2.54. The maximum Gasteiger partial charge on any atom is 0.274 e. The van der Waals surface area contributed by atoms with Crippen LogP contribution in [0, 0.1) is 0 Å². The molecule has 6 nitrogen and oxygen atoms in total. The number of rotatable bonds is 5. The molecule has 1 fully saturated rings. The topological polar surface area (TPSA) is 84.2 Å². The number of ether oxygens (including phenoxy) is 1. The normalized spacial score (nSPS) is 17.0. The third-order valence-corrected chi connectivity index (χ3v) is 4.04. The minimum atomic E-state index is -0.0324. The Morgan fingerprint density at radius 3 is 2.68 bits per heavy atom. The number of piperidine rings is 1. The molecule has 0 radical (unpaired) electrons. The number of nitrogens with zero attached hydrogens (tertiary/aromatic N) is 2. The predicted octanol–water partition coefficient (Wildman–Crippen LogP) is 1.68. The molecule has 0 saturated carbocycles. The third kappa shape index (κ3) is 4.30. The Morgan fingerprint density at radius 2 is 2.14 bits per heavy atom. The summed E-state index contributed by atoms with van der Waals surface area (Å²) in [5.41, 5.74) is 6.92. The van der Waals surface area contributed by atoms with Crippen molar-refractivity contribution in [1.82, 2.24) is 15.1 Å². The van der Waals surface area contributed by atoms with Crippen molar-refractivity contribution in [3.8, 4) is 0 Å². The van der Waals surface area contributed by atoms with Gasteiger partial charge in [0.15, 0.2) is 0 Å². The molecule has 1 aromatic rings. The first-order chi connectivity index (χ1) is 10.4. The highest BCUT2D eigenvalue weighted by molar-refractivity contribution is 5.92. The summed E-state index contributed by atoms with van der Waals surface area (Å²) >= 11 is 0. The van der Waals surface area contributed by atoms with E-state index in [2.05, 4.69) is 31.0 Å². The van der Waals surface area contributed by atoms with Crippen LogP contribution in [0.25, 0.3) is 0 Å². The number of carbonyl (C=O) groups is 1. The molecule has 0 spiro atoms. The summed E-state index contributed by atoms with van der Waals surface area (Å²) in [5, 5.41) is 7.15. The number of hydrogen-bond acceptors (Lipinski definition) is 4. The van der Waals surface area contributed by atoms with Gasteiger partial charge in [0.05, 0.1) is 6.10 Å². The highest BCUT2D eigenvalue weighted by Crippen LogP contribution is 2.22. The van der Waals surface area contributed by atoms with Crippen LogP contribution in [0.5, 0.6) is 0 Å². The molecule has 3 N–H and O–H groups in total. The molecule has 124 valence electrons. The van der Waals surface area contributed by atoms with Crippen molar-refractivity contribution in [2.24, 2.45) is 5.73 Å². The Bertz CT molecular complexity index is 485. The van der Waals surface area contributed by atoms with Crippen molar-refractivity contribution < 1.29 is 9.53 Å². The Morgan fingerprint density at radius 1 is 1.45 bits per heavy atom. The number of carbonyl (C=O) groups excluding carboxylic acids is 1. The van der Waals surface area contributed by atoms with Gasteiger partial charge >= 0.3 is 0 Å². The molecule has 1 saturated heterocycles. The molecule has 1 aliphatic heterocycles. The first-order valence-corrected chi connectivity index (χ1v) is 8.08. The van der Waals surface area contributed by atoms with E-state index in [4.69, 9.17) is 10.5 Å². The van der Waals surface area contributed by atoms with E-state index in [1.54, 1.807) is 0 Å². The Hall–Kier alpha value is -1.40. The number of nitrogens with two attached hydrogens (primary N) is 1. The number of aromatic amines is 1. The second-order valence-corrected chi connectivity index (χ2v) is 6.92. The average Bonchev–Trinajstić information content (AvgIpc) is 2.97. The lowest BCUT2D eigenvalue weighted by molar-refractivity contribution is 0.00829. The monoisotopic (exact) mass is 308 g/mol. The van der Waals surface area contributed by atoms with Crippen molar-refractivity contribution in [2.75, 3.05) is 26.2 Å². The molecular formula is C16H28N4O2. The van der Waals surface area contributed by atoms with Crippen LogP contribution in [0.2, 0.25) is 0 Å². The molecule has 2 heterocycles. The van der Waals surface area contributed by atoms with E-state index >= 15 is 0 Å². The van der Waals surface area contributed by atoms with Gasteiger partial charge in [0.1, 0.15) is 5.69 Å². The number of amides is 1. The van der Waals surface area contributed by atoms with Gasteiger partial charge in [-0.2, -0.15) is 5.10 Å². The molecule has 0 aromatic carbocycles. The zero-order chi connectivity index (χ0) is 16.2. The van der Waals surface area contributed by atoms with Crippen LogP contribution < -0.4 is 5.73 Å². The zero-order valence-corrected chi connectivity index (χ0v) is 13.9. The van der Waals surface area contributed by atoms with Crippen LogP contribution >= 0.6 is 0 Å². The second kappa shape index (κ2) is 7.24. The van der Waals surface area contributed by atoms with Crippen LogP contribution in [0.3, 0.4) is 0 Å². The number of likely N-dealkylation sites (tertiary alicyclic amines) is 1. The molecule has 1 amide bonds. The second-order valence-electron chi connectivity index (χ2n) is 6.92. The van der Waals surface area contributed by atoms with Gasteiger partial charge in [-0.25, -0.2) is 0 Å². The first kappa shape index (κ1) is 17.0. The minimum Gasteiger partial charge on any atom is -0.378 e. The van der Waals surface area contributed by atoms with Crippen molar-refractivity contribution in [1.29, 1.82) is 0 Å². The van der Waals surface area contributed by atoms with Crippen LogP contribution in [0.4, 0.5) is 0 Å². The summed E-state index contributed by atoms with van der Waals surface area (Å²) in [5.74, 6) is 0.00663. The van der Waals surface area contributed by atoms with Crippen LogP contribution in [-0.2, 0) is 10.2 Å². The summed E-state index contributed by atoms with van der Waals surface area (Å²) in [4.78, 5) is 14.4. The molecule has 0 bridgehead atoms. The van der Waals surface area contributed by atoms with E-state index in [0.717, 1.165) is 38.0 Å². The summed E-state index contributed by atoms with van der Waals surface area (Å²) in [6.45, 7) is 9.11. The molecule has 2 rings (SSSR count). The van der Waals surface area contributed by atoms with Crippen LogP contribution in [0.1, 0.15) is 56.2 Å². The summed E-state index contributed by atoms with van der Waals surface area (Å²) in [6.07, 6.45) is 2.90. The number of aromatic nitrogens is 2. The van der Waals surface area contributed by atoms with Gasteiger partial charge in [-0.15, -0.1) is 0 Å². The van der Waals surface area contributed by atoms with Crippen molar-refractivity contribution in [3.05, 3.63) is 17.5 Å². The Balaban J connectivity index is 1.86. The van der Waals surface area contributed by atoms with E-state index in [0.29, 0.717) is 18.8 Å². The molecule has 22 heavy (non-hydrogen) atoms. The molecule has 1 aliphatic rings. The maximum atomic E-state index is 12.5. The van der Waals surface area contributed by atoms with E-state index < -0.39 is 0 Å². The highest BCUT2D eigenvalue weighted by Gasteiger charge is 2.26. The van der Waals surface area contributed by atoms with Gasteiger partial charge in [0, 0.05) is 30.8 Å². The van der Waals surface area contributed by atoms with E-state index in [-0.39, 0.29) is 17.4 Å². The van der Waals surface area contributed by atoms with Gasteiger partial charge in [0.2, 0.25) is 0 Å². The molecule has 0 unspecified atom stereocenters. The Kier molecular flexibility index (Phi) is 5.58. The molecule has 0 atom stereocenters. The summed E-state index contributed by atoms with van der Waals surface area (Å²) < 4.78 is 5.77. The lowest BCUT2D eigenvalue weighted by Gasteiger charge is -2.31. The predicted molar refractivity (Wildman–Crippen MR) is 85.8 cm³/mol. The molecule has 1 aromatic heterocycles. The van der Waals surface area contributed by atoms with Crippen molar-refractivity contribution in [2.45, 2.75) is 51.6 Å². The van der Waals surface area contributed by atoms with Crippen LogP contribution in [0.15, 0.2) is 6.07 Å². The van der Waals surface area contributed by atoms with Crippen molar-refractivity contribution in [3.63, 3.8) is 0 Å². The highest BCUT2D eigenvalue weighted by atomic mass is 16.5. The SMILES string of the molecule is CC(C)(C)c1cc(C(=O)N2CCC(OCCCN)CC2)n[nH]1. The smallest absolute Gasteiger partial charge is 0.274 e. The van der Waals surface area contributed by atoms with E-state index in [1.807, 2.05) is 11.0 Å². The number of hydrogen-bond donors (Lipinski definition) is 2. The number of H-pyrrole nitrogens is 1. The summed E-state index contributed by atoms with van der Waals surface area (Å²) in [6, 6.07) is 1.87. The van der Waals surface area contributed by atoms with Gasteiger partial charge in [-0.1, -0.05) is 20.8 Å². The van der Waals surface area contributed by atoms with Gasteiger partial charge in [-0.3, -0.25) is 9.89 Å². The van der Waals surface area contributed by atoms with Crippen LogP contribution in [-0.4, -0.2) is 53.3 Å². The standard InChI is InChI=1S/C16H28N4O2/c1-16(2,3)14-11-13(18-19-14)15(21)20-8-5-12(6-9-20)22-10-4-7-17/h11-12H,4-10,17H2,1-3H3,(H,18,19). The van der Waals surface area contributed by atoms with Gasteiger partial charge in [0.25, 0.3) is 5.91 Å². The van der Waals surface area contributed by atoms with Gasteiger partial charge in [-0.05, 0) is 31.9 Å². The third-order valence-electron chi connectivity index (χ3n) is 4.04. The van der Waals surface area contributed by atoms with Crippen molar-refractivity contribution >= 4 is 5.91 Å². The summed E-state index contributed by atoms with van der Waals surface area (Å²) in [7, 11) is 0. The fraction of sp³-hybridized carbons (Fsp3) is 0.750. The first-order valence-electron chi connectivity index (χ1n) is 8.08. The fourth-order valence-corrected chi connectivity index (χ4v) is 2.54. The molecular weight excluding hydrogens is 280 g/mol. The van der Waals surface area contributed by atoms with E-state index in [9.17, 15) is 4.79 Å². The van der Waals surface area contributed by atoms with E-state index in [1.165, 1.54) is 0 Å². The van der Waals surface area contributed by atoms with Gasteiger partial charge < -0.3 is 15.4 Å². The Labute approximate surface area is 132 Å². The lowest BCUT2D eigenvalue weighted by atomic mass is 9.92. The minimum absolute atomic E-state index is 0.00663. The molecule has 6 heteroatoms. The quantitative estimate of drug-likeness (QED) is 0.811. The maximum absolute atomic E-state index is 12.5. The average molecular weight is 308 g/mol. The zero-order valence-electron chi connectivity index (χ0n) is 13.9. The lowest BCUT2D eigenvalue weighted by Crippen LogP contribution is -2.41.